The Morgan fingerprint density at radius 3 is 2.19 bits per heavy atom. The number of aromatic nitrogens is 1. The summed E-state index contributed by atoms with van der Waals surface area (Å²) in [5.74, 6) is 1.84. The summed E-state index contributed by atoms with van der Waals surface area (Å²) >= 11 is 0. The quantitative estimate of drug-likeness (QED) is 0.752. The largest absolute Gasteiger partial charge is 0.497 e. The second-order valence-electron chi connectivity index (χ2n) is 4.62. The second-order valence-corrected chi connectivity index (χ2v) is 4.62. The van der Waals surface area contributed by atoms with Crippen LogP contribution in [-0.2, 0) is 0 Å². The van der Waals surface area contributed by atoms with Crippen LogP contribution in [0.4, 0.5) is 0 Å². The number of hydrogen-bond donors (Lipinski definition) is 1. The van der Waals surface area contributed by atoms with Crippen molar-refractivity contribution in [2.24, 2.45) is 0 Å². The molecular weight excluding hydrogens is 270 g/mol. The van der Waals surface area contributed by atoms with Gasteiger partial charge in [-0.25, -0.2) is 0 Å². The van der Waals surface area contributed by atoms with Crippen LogP contribution in [-0.4, -0.2) is 26.3 Å². The summed E-state index contributed by atoms with van der Waals surface area (Å²) in [4.78, 5) is 15.1. The molecule has 2 aromatic carbocycles. The Kier molecular flexibility index (Phi) is 3.17. The first kappa shape index (κ1) is 13.3. The normalized spacial score (nSPS) is 10.8. The zero-order valence-corrected chi connectivity index (χ0v) is 12.0. The maximum atomic E-state index is 12.2. The van der Waals surface area contributed by atoms with Gasteiger partial charge in [-0.2, -0.15) is 0 Å². The summed E-state index contributed by atoms with van der Waals surface area (Å²) < 4.78 is 15.8. The predicted molar refractivity (Wildman–Crippen MR) is 81.7 cm³/mol. The van der Waals surface area contributed by atoms with E-state index in [0.29, 0.717) is 28.2 Å². The van der Waals surface area contributed by atoms with Crippen LogP contribution in [0.25, 0.3) is 21.7 Å². The van der Waals surface area contributed by atoms with Crippen molar-refractivity contribution >= 4 is 21.7 Å². The van der Waals surface area contributed by atoms with Crippen molar-refractivity contribution in [3.8, 4) is 17.2 Å². The lowest BCUT2D eigenvalue weighted by atomic mass is 10.1. The number of methoxy groups -OCH3 is 3. The number of aromatic amines is 1. The first-order valence-electron chi connectivity index (χ1n) is 6.43. The molecule has 0 amide bonds. The lowest BCUT2D eigenvalue weighted by Gasteiger charge is -2.11. The molecule has 0 bridgehead atoms. The fraction of sp³-hybridized carbons (Fsp3) is 0.188. The molecule has 1 aromatic heterocycles. The fourth-order valence-electron chi connectivity index (χ4n) is 2.47. The van der Waals surface area contributed by atoms with Gasteiger partial charge in [0.15, 0.2) is 11.5 Å². The van der Waals surface area contributed by atoms with Crippen molar-refractivity contribution in [3.63, 3.8) is 0 Å². The van der Waals surface area contributed by atoms with E-state index in [1.807, 2.05) is 18.2 Å². The Balaban J connectivity index is 2.44. The van der Waals surface area contributed by atoms with Crippen molar-refractivity contribution in [3.05, 3.63) is 40.7 Å². The third kappa shape index (κ3) is 2.07. The topological polar surface area (TPSA) is 60.6 Å². The van der Waals surface area contributed by atoms with Gasteiger partial charge in [0.25, 0.3) is 5.56 Å². The average molecular weight is 285 g/mol. The fourth-order valence-corrected chi connectivity index (χ4v) is 2.47. The monoisotopic (exact) mass is 285 g/mol. The summed E-state index contributed by atoms with van der Waals surface area (Å²) in [6.45, 7) is 0. The zero-order chi connectivity index (χ0) is 15.0. The van der Waals surface area contributed by atoms with Crippen LogP contribution in [0.15, 0.2) is 35.1 Å². The van der Waals surface area contributed by atoms with Gasteiger partial charge in [-0.1, -0.05) is 0 Å². The molecule has 3 aromatic rings. The van der Waals surface area contributed by atoms with E-state index in [4.69, 9.17) is 14.2 Å². The van der Waals surface area contributed by atoms with Gasteiger partial charge in [-0.15, -0.1) is 0 Å². The molecular formula is C16H15NO4. The molecule has 0 aliphatic heterocycles. The van der Waals surface area contributed by atoms with E-state index in [1.165, 1.54) is 0 Å². The first-order valence-corrected chi connectivity index (χ1v) is 6.43. The van der Waals surface area contributed by atoms with Crippen LogP contribution < -0.4 is 19.8 Å². The molecule has 1 N–H and O–H groups in total. The summed E-state index contributed by atoms with van der Waals surface area (Å²) in [6, 6.07) is 9.05. The standard InChI is InChI=1S/C16H15NO4/c1-19-9-4-5-10-11-7-14(20-2)15(21-3)8-13(11)17-16(18)12(10)6-9/h4-8H,1-3H3,(H,17,18). The highest BCUT2D eigenvalue weighted by Gasteiger charge is 2.11. The molecule has 0 atom stereocenters. The number of H-pyrrole nitrogens is 1. The van der Waals surface area contributed by atoms with Gasteiger partial charge in [0, 0.05) is 11.5 Å². The highest BCUT2D eigenvalue weighted by molar-refractivity contribution is 6.06. The summed E-state index contributed by atoms with van der Waals surface area (Å²) in [7, 11) is 4.72. The van der Waals surface area contributed by atoms with Gasteiger partial charge in [0.05, 0.1) is 32.2 Å². The lowest BCUT2D eigenvalue weighted by molar-refractivity contribution is 0.356. The molecule has 0 aliphatic rings. The summed E-state index contributed by atoms with van der Waals surface area (Å²) in [5, 5.41) is 2.31. The summed E-state index contributed by atoms with van der Waals surface area (Å²) in [6.07, 6.45) is 0. The molecule has 0 saturated heterocycles. The minimum atomic E-state index is -0.163. The number of hydrogen-bond acceptors (Lipinski definition) is 4. The van der Waals surface area contributed by atoms with E-state index in [1.54, 1.807) is 33.5 Å². The second kappa shape index (κ2) is 5.01. The van der Waals surface area contributed by atoms with Gasteiger partial charge < -0.3 is 19.2 Å². The highest BCUT2D eigenvalue weighted by Crippen LogP contribution is 2.34. The van der Waals surface area contributed by atoms with Crippen LogP contribution in [0.1, 0.15) is 0 Å². The molecule has 1 heterocycles. The average Bonchev–Trinajstić information content (AvgIpc) is 2.53. The lowest BCUT2D eigenvalue weighted by Crippen LogP contribution is -2.07. The van der Waals surface area contributed by atoms with E-state index in [2.05, 4.69) is 4.98 Å². The number of pyridine rings is 1. The Morgan fingerprint density at radius 1 is 0.810 bits per heavy atom. The molecule has 0 unspecified atom stereocenters. The number of benzene rings is 2. The zero-order valence-electron chi connectivity index (χ0n) is 12.0. The van der Waals surface area contributed by atoms with Crippen LogP contribution in [0.5, 0.6) is 17.2 Å². The molecule has 0 fully saturated rings. The minimum Gasteiger partial charge on any atom is -0.497 e. The SMILES string of the molecule is COc1ccc2c(c1)c(=O)[nH]c1cc(OC)c(OC)cc12. The van der Waals surface area contributed by atoms with Crippen LogP contribution in [0.3, 0.4) is 0 Å². The molecule has 0 aliphatic carbocycles. The Bertz CT molecular complexity index is 883. The van der Waals surface area contributed by atoms with Crippen molar-refractivity contribution in [2.75, 3.05) is 21.3 Å². The number of fused-ring (bicyclic) bond motifs is 3. The third-order valence-electron chi connectivity index (χ3n) is 3.53. The smallest absolute Gasteiger partial charge is 0.256 e. The maximum absolute atomic E-state index is 12.2. The molecule has 0 spiro atoms. The molecule has 21 heavy (non-hydrogen) atoms. The maximum Gasteiger partial charge on any atom is 0.256 e. The number of ether oxygens (including phenoxy) is 3. The number of nitrogens with one attached hydrogen (secondary N) is 1. The van der Waals surface area contributed by atoms with Crippen LogP contribution in [0.2, 0.25) is 0 Å². The number of rotatable bonds is 3. The molecule has 5 heteroatoms. The van der Waals surface area contributed by atoms with Crippen molar-refractivity contribution in [1.29, 1.82) is 0 Å². The Labute approximate surface area is 121 Å². The highest BCUT2D eigenvalue weighted by atomic mass is 16.5. The van der Waals surface area contributed by atoms with Crippen molar-refractivity contribution < 1.29 is 14.2 Å². The molecule has 0 radical (unpaired) electrons. The Hall–Kier alpha value is -2.69. The minimum absolute atomic E-state index is 0.163. The van der Waals surface area contributed by atoms with Crippen LogP contribution >= 0.6 is 0 Å². The van der Waals surface area contributed by atoms with Gasteiger partial charge in [-0.3, -0.25) is 4.79 Å². The predicted octanol–water partition coefficient (Wildman–Crippen LogP) is 2.71. The van der Waals surface area contributed by atoms with Gasteiger partial charge in [0.1, 0.15) is 5.75 Å². The summed E-state index contributed by atoms with van der Waals surface area (Å²) in [5.41, 5.74) is 0.541. The molecule has 5 nitrogen and oxygen atoms in total. The van der Waals surface area contributed by atoms with Gasteiger partial charge in [0.2, 0.25) is 0 Å². The molecule has 3 rings (SSSR count). The third-order valence-corrected chi connectivity index (χ3v) is 3.53. The van der Waals surface area contributed by atoms with E-state index >= 15 is 0 Å². The van der Waals surface area contributed by atoms with Crippen molar-refractivity contribution in [1.82, 2.24) is 4.98 Å². The van der Waals surface area contributed by atoms with Crippen LogP contribution in [0, 0.1) is 0 Å². The van der Waals surface area contributed by atoms with Gasteiger partial charge in [-0.05, 0) is 29.7 Å². The van der Waals surface area contributed by atoms with E-state index < -0.39 is 0 Å². The van der Waals surface area contributed by atoms with Gasteiger partial charge >= 0.3 is 0 Å². The van der Waals surface area contributed by atoms with E-state index in [9.17, 15) is 4.79 Å². The first-order chi connectivity index (χ1) is 10.2. The molecule has 0 saturated carbocycles. The Morgan fingerprint density at radius 2 is 1.52 bits per heavy atom. The van der Waals surface area contributed by atoms with Crippen molar-refractivity contribution in [2.45, 2.75) is 0 Å². The molecule has 108 valence electrons. The van der Waals surface area contributed by atoms with E-state index in [0.717, 1.165) is 10.8 Å². The van der Waals surface area contributed by atoms with E-state index in [-0.39, 0.29) is 5.56 Å².